The average Bonchev–Trinajstić information content (AvgIpc) is 3.22. The number of amides is 1. The summed E-state index contributed by atoms with van der Waals surface area (Å²) in [5.41, 5.74) is 2.24. The molecule has 0 aromatic heterocycles. The van der Waals surface area contributed by atoms with Gasteiger partial charge in [0, 0.05) is 19.0 Å². The predicted octanol–water partition coefficient (Wildman–Crippen LogP) is 5.24. The Morgan fingerprint density at radius 3 is 2.41 bits per heavy atom. The van der Waals surface area contributed by atoms with Crippen LogP contribution in [0.5, 0.6) is 0 Å². The SMILES string of the molecule is CC(=O)N[C@@H](C)[C@H]1CC[C@@]2(C)[C@H]3CC[C@@H]4C[C@@H](N(C)C)CC[C@@]45C[C@@]35CC[C@]12C. The minimum atomic E-state index is 0.140. The third-order valence-corrected chi connectivity index (χ3v) is 12.0. The van der Waals surface area contributed by atoms with Crippen molar-refractivity contribution in [1.29, 1.82) is 0 Å². The van der Waals surface area contributed by atoms with Crippen LogP contribution in [-0.4, -0.2) is 37.0 Å². The van der Waals surface area contributed by atoms with E-state index in [0.29, 0.717) is 33.6 Å². The maximum atomic E-state index is 11.8. The van der Waals surface area contributed by atoms with Crippen molar-refractivity contribution in [2.24, 2.45) is 39.4 Å². The Morgan fingerprint density at radius 2 is 1.72 bits per heavy atom. The summed E-state index contributed by atoms with van der Waals surface area (Å²) < 4.78 is 0. The third-order valence-electron chi connectivity index (χ3n) is 12.0. The first-order chi connectivity index (χ1) is 13.6. The van der Waals surface area contributed by atoms with Crippen molar-refractivity contribution in [1.82, 2.24) is 10.2 Å². The molecule has 1 N–H and O–H groups in total. The summed E-state index contributed by atoms with van der Waals surface area (Å²) >= 11 is 0. The van der Waals surface area contributed by atoms with E-state index in [2.05, 4.69) is 45.1 Å². The quantitative estimate of drug-likeness (QED) is 0.702. The number of nitrogens with one attached hydrogen (secondary N) is 1. The molecule has 29 heavy (non-hydrogen) atoms. The summed E-state index contributed by atoms with van der Waals surface area (Å²) in [4.78, 5) is 14.3. The van der Waals surface area contributed by atoms with Gasteiger partial charge in [-0.15, -0.1) is 0 Å². The molecule has 0 aliphatic heterocycles. The van der Waals surface area contributed by atoms with Crippen LogP contribution < -0.4 is 5.32 Å². The van der Waals surface area contributed by atoms with Gasteiger partial charge in [-0.25, -0.2) is 0 Å². The summed E-state index contributed by atoms with van der Waals surface area (Å²) in [6.07, 6.45) is 14.4. The van der Waals surface area contributed by atoms with Gasteiger partial charge < -0.3 is 10.2 Å². The zero-order valence-electron chi connectivity index (χ0n) is 19.8. The fraction of sp³-hybridized carbons (Fsp3) is 0.962. The molecular weight excluding hydrogens is 356 g/mol. The van der Waals surface area contributed by atoms with E-state index in [-0.39, 0.29) is 5.91 Å². The van der Waals surface area contributed by atoms with Crippen LogP contribution >= 0.6 is 0 Å². The molecule has 0 aromatic rings. The number of fused-ring (bicyclic) bond motifs is 2. The maximum absolute atomic E-state index is 11.8. The van der Waals surface area contributed by atoms with Crippen molar-refractivity contribution in [3.8, 4) is 0 Å². The Bertz CT molecular complexity index is 705. The van der Waals surface area contributed by atoms with E-state index in [0.717, 1.165) is 17.9 Å². The van der Waals surface area contributed by atoms with Crippen molar-refractivity contribution < 1.29 is 4.79 Å². The highest BCUT2D eigenvalue weighted by atomic mass is 16.1. The van der Waals surface area contributed by atoms with Crippen LogP contribution in [0.3, 0.4) is 0 Å². The normalized spacial score (nSPS) is 54.0. The number of rotatable bonds is 3. The van der Waals surface area contributed by atoms with E-state index in [9.17, 15) is 4.79 Å². The molecule has 5 aliphatic carbocycles. The Balaban J connectivity index is 1.42. The number of hydrogen-bond acceptors (Lipinski definition) is 2. The van der Waals surface area contributed by atoms with E-state index in [1.54, 1.807) is 13.3 Å². The van der Waals surface area contributed by atoms with Crippen LogP contribution in [0.2, 0.25) is 0 Å². The molecule has 5 fully saturated rings. The van der Waals surface area contributed by atoms with E-state index in [1.807, 2.05) is 0 Å². The van der Waals surface area contributed by atoms with Crippen molar-refractivity contribution in [3.05, 3.63) is 0 Å². The Labute approximate surface area is 178 Å². The minimum absolute atomic E-state index is 0.140. The van der Waals surface area contributed by atoms with Crippen LogP contribution in [0.4, 0.5) is 0 Å². The zero-order chi connectivity index (χ0) is 20.8. The van der Waals surface area contributed by atoms with Crippen molar-refractivity contribution >= 4 is 5.91 Å². The molecular formula is C26H44N2O. The predicted molar refractivity (Wildman–Crippen MR) is 118 cm³/mol. The monoisotopic (exact) mass is 400 g/mol. The lowest BCUT2D eigenvalue weighted by molar-refractivity contribution is -0.131. The molecule has 0 heterocycles. The lowest BCUT2D eigenvalue weighted by atomic mass is 9.43. The van der Waals surface area contributed by atoms with Crippen LogP contribution in [0.1, 0.15) is 91.9 Å². The molecule has 5 aliphatic rings. The van der Waals surface area contributed by atoms with Crippen molar-refractivity contribution in [3.63, 3.8) is 0 Å². The molecule has 2 spiro atoms. The van der Waals surface area contributed by atoms with Gasteiger partial charge in [-0.3, -0.25) is 4.79 Å². The van der Waals surface area contributed by atoms with Crippen molar-refractivity contribution in [2.75, 3.05) is 14.1 Å². The number of carbonyl (C=O) groups is 1. The van der Waals surface area contributed by atoms with Gasteiger partial charge in [-0.05, 0) is 125 Å². The molecule has 5 rings (SSSR count). The van der Waals surface area contributed by atoms with Gasteiger partial charge >= 0.3 is 0 Å². The van der Waals surface area contributed by atoms with Crippen LogP contribution in [0.15, 0.2) is 0 Å². The van der Waals surface area contributed by atoms with Crippen LogP contribution in [0.25, 0.3) is 0 Å². The largest absolute Gasteiger partial charge is 0.354 e. The van der Waals surface area contributed by atoms with Gasteiger partial charge in [0.1, 0.15) is 0 Å². The van der Waals surface area contributed by atoms with E-state index in [1.165, 1.54) is 57.8 Å². The zero-order valence-corrected chi connectivity index (χ0v) is 19.8. The second-order valence-corrected chi connectivity index (χ2v) is 12.7. The second kappa shape index (κ2) is 6.24. The smallest absolute Gasteiger partial charge is 0.217 e. The van der Waals surface area contributed by atoms with Gasteiger partial charge in [0.15, 0.2) is 0 Å². The molecule has 3 heteroatoms. The molecule has 5 saturated carbocycles. The van der Waals surface area contributed by atoms with E-state index >= 15 is 0 Å². The highest BCUT2D eigenvalue weighted by Crippen LogP contribution is 2.87. The van der Waals surface area contributed by atoms with Gasteiger partial charge in [0.05, 0.1) is 0 Å². The molecule has 1 amide bonds. The molecule has 0 bridgehead atoms. The first-order valence-corrected chi connectivity index (χ1v) is 12.5. The fourth-order valence-corrected chi connectivity index (χ4v) is 10.4. The Hall–Kier alpha value is -0.570. The Kier molecular flexibility index (Phi) is 4.37. The maximum Gasteiger partial charge on any atom is 0.217 e. The standard InChI is InChI=1S/C26H44N2O/c1-17(27-18(2)29)21-10-11-24(4)22-8-7-19-15-20(28(5)6)9-12-25(19)16-26(22,25)14-13-23(21,24)3/h17,19-22H,7-16H2,1-6H3,(H,27,29)/t17-,19+,20-,21+,22+,23+,24-,25+,26-/m0/s1. The van der Waals surface area contributed by atoms with Crippen molar-refractivity contribution in [2.45, 2.75) is 104 Å². The summed E-state index contributed by atoms with van der Waals surface area (Å²) in [6.45, 7) is 9.24. The van der Waals surface area contributed by atoms with Gasteiger partial charge in [0.25, 0.3) is 0 Å². The lowest BCUT2D eigenvalue weighted by Gasteiger charge is -2.61. The Morgan fingerprint density at radius 1 is 0.966 bits per heavy atom. The summed E-state index contributed by atoms with van der Waals surface area (Å²) in [6, 6.07) is 1.13. The summed E-state index contributed by atoms with van der Waals surface area (Å²) in [7, 11) is 4.58. The second-order valence-electron chi connectivity index (χ2n) is 12.7. The molecule has 0 radical (unpaired) electrons. The summed E-state index contributed by atoms with van der Waals surface area (Å²) in [5.74, 6) is 2.70. The molecule has 9 atom stereocenters. The molecule has 0 saturated heterocycles. The molecule has 164 valence electrons. The average molecular weight is 401 g/mol. The number of hydrogen-bond donors (Lipinski definition) is 1. The van der Waals surface area contributed by atoms with Gasteiger partial charge in [0.2, 0.25) is 5.91 Å². The molecule has 3 nitrogen and oxygen atoms in total. The fourth-order valence-electron chi connectivity index (χ4n) is 10.4. The summed E-state index contributed by atoms with van der Waals surface area (Å²) in [5, 5.41) is 3.27. The topological polar surface area (TPSA) is 32.3 Å². The highest BCUT2D eigenvalue weighted by Gasteiger charge is 2.80. The van der Waals surface area contributed by atoms with Gasteiger partial charge in [-0.2, -0.15) is 0 Å². The first-order valence-electron chi connectivity index (χ1n) is 12.5. The van der Waals surface area contributed by atoms with E-state index in [4.69, 9.17) is 0 Å². The van der Waals surface area contributed by atoms with Gasteiger partial charge in [-0.1, -0.05) is 13.8 Å². The minimum Gasteiger partial charge on any atom is -0.354 e. The van der Waals surface area contributed by atoms with E-state index < -0.39 is 0 Å². The van der Waals surface area contributed by atoms with Crippen LogP contribution in [0, 0.1) is 39.4 Å². The van der Waals surface area contributed by atoms with Crippen LogP contribution in [-0.2, 0) is 4.79 Å². The lowest BCUT2D eigenvalue weighted by Crippen LogP contribution is -2.56. The first kappa shape index (κ1) is 20.3. The molecule has 0 unspecified atom stereocenters. The number of carbonyl (C=O) groups excluding carboxylic acids is 1. The molecule has 0 aromatic carbocycles. The number of nitrogens with zero attached hydrogens (tertiary/aromatic N) is 1. The third kappa shape index (κ3) is 2.43. The highest BCUT2D eigenvalue weighted by molar-refractivity contribution is 5.73.